The van der Waals surface area contributed by atoms with Crippen molar-refractivity contribution in [3.63, 3.8) is 0 Å². The molecule has 0 atom stereocenters. The second-order valence-corrected chi connectivity index (χ2v) is 10.6. The van der Waals surface area contributed by atoms with Crippen LogP contribution >= 0.6 is 11.3 Å². The van der Waals surface area contributed by atoms with Crippen LogP contribution < -0.4 is 9.64 Å². The lowest BCUT2D eigenvalue weighted by Gasteiger charge is -2.28. The molecule has 2 aliphatic rings. The van der Waals surface area contributed by atoms with Crippen molar-refractivity contribution in [1.29, 1.82) is 0 Å². The predicted molar refractivity (Wildman–Crippen MR) is 122 cm³/mol. The molecule has 4 heterocycles. The molecule has 0 amide bonds. The van der Waals surface area contributed by atoms with Gasteiger partial charge < -0.3 is 19.5 Å². The van der Waals surface area contributed by atoms with E-state index in [0.717, 1.165) is 39.7 Å². The van der Waals surface area contributed by atoms with Crippen LogP contribution in [-0.2, 0) is 17.7 Å². The van der Waals surface area contributed by atoms with Gasteiger partial charge in [-0.1, -0.05) is 6.07 Å². The number of thiazole rings is 1. The summed E-state index contributed by atoms with van der Waals surface area (Å²) in [5, 5.41) is 15.5. The van der Waals surface area contributed by atoms with E-state index >= 15 is 0 Å². The molecule has 2 aromatic heterocycles. The Balaban J connectivity index is 1.47. The second kappa shape index (κ2) is 7.32. The zero-order valence-corrected chi connectivity index (χ0v) is 19.2. The van der Waals surface area contributed by atoms with Gasteiger partial charge in [-0.2, -0.15) is 5.10 Å². The Labute approximate surface area is 186 Å². The molecule has 8 heteroatoms. The van der Waals surface area contributed by atoms with Crippen molar-refractivity contribution in [3.05, 3.63) is 35.5 Å². The Morgan fingerprint density at radius 2 is 2.10 bits per heavy atom. The normalized spacial score (nSPS) is 17.8. The third-order valence-corrected chi connectivity index (χ3v) is 6.80. The summed E-state index contributed by atoms with van der Waals surface area (Å²) in [6.45, 7) is 10.3. The lowest BCUT2D eigenvalue weighted by atomic mass is 10.0. The lowest BCUT2D eigenvalue weighted by Crippen LogP contribution is -2.40. The average molecular weight is 441 g/mol. The molecule has 0 aliphatic carbocycles. The number of nitrogens with zero attached hydrogens (tertiary/aromatic N) is 4. The Bertz CT molecular complexity index is 1110. The minimum Gasteiger partial charge on any atom is -0.492 e. The van der Waals surface area contributed by atoms with E-state index in [9.17, 15) is 5.11 Å². The van der Waals surface area contributed by atoms with Crippen molar-refractivity contribution in [1.82, 2.24) is 14.8 Å². The summed E-state index contributed by atoms with van der Waals surface area (Å²) >= 11 is 1.74. The molecule has 0 bridgehead atoms. The summed E-state index contributed by atoms with van der Waals surface area (Å²) < 4.78 is 13.6. The van der Waals surface area contributed by atoms with Crippen LogP contribution in [0.25, 0.3) is 22.4 Å². The zero-order chi connectivity index (χ0) is 21.8. The van der Waals surface area contributed by atoms with E-state index in [1.165, 1.54) is 4.88 Å². The zero-order valence-electron chi connectivity index (χ0n) is 18.4. The highest BCUT2D eigenvalue weighted by Crippen LogP contribution is 2.43. The SMILES string of the molecule is CC(C)(O)Cn1cc(-c2ccc3c(c2)OCCc2sc(N4COCC4(C)C)nc2-3)cn1. The largest absolute Gasteiger partial charge is 0.492 e. The monoisotopic (exact) mass is 440 g/mol. The van der Waals surface area contributed by atoms with Gasteiger partial charge in [0.05, 0.1) is 42.8 Å². The van der Waals surface area contributed by atoms with E-state index in [1.807, 2.05) is 12.4 Å². The first-order chi connectivity index (χ1) is 14.7. The number of anilines is 1. The highest BCUT2D eigenvalue weighted by atomic mass is 32.1. The summed E-state index contributed by atoms with van der Waals surface area (Å²) in [7, 11) is 0. The van der Waals surface area contributed by atoms with Crippen molar-refractivity contribution < 1.29 is 14.6 Å². The standard InChI is InChI=1S/C23H28N4O3S/c1-22(2)13-29-14-27(22)21-25-20-17-6-5-15(9-18(17)30-8-7-19(20)31-21)16-10-24-26(11-16)12-23(3,4)28/h5-6,9-11,28H,7-8,12-14H2,1-4H3. The van der Waals surface area contributed by atoms with Gasteiger partial charge in [0.1, 0.15) is 12.5 Å². The van der Waals surface area contributed by atoms with Gasteiger partial charge in [0, 0.05) is 28.6 Å². The molecule has 1 aromatic carbocycles. The maximum Gasteiger partial charge on any atom is 0.188 e. The van der Waals surface area contributed by atoms with Crippen molar-refractivity contribution >= 4 is 16.5 Å². The van der Waals surface area contributed by atoms with Gasteiger partial charge in [0.15, 0.2) is 5.13 Å². The quantitative estimate of drug-likeness (QED) is 0.662. The first-order valence-corrected chi connectivity index (χ1v) is 11.4. The molecule has 1 saturated heterocycles. The molecular weight excluding hydrogens is 412 g/mol. The molecule has 164 valence electrons. The van der Waals surface area contributed by atoms with Gasteiger partial charge in [-0.25, -0.2) is 4.98 Å². The van der Waals surface area contributed by atoms with E-state index in [0.29, 0.717) is 26.5 Å². The number of fused-ring (bicyclic) bond motifs is 3. The van der Waals surface area contributed by atoms with Crippen molar-refractivity contribution in [2.75, 3.05) is 24.8 Å². The van der Waals surface area contributed by atoms with Gasteiger partial charge in [0.2, 0.25) is 0 Å². The number of aromatic nitrogens is 3. The molecule has 31 heavy (non-hydrogen) atoms. The van der Waals surface area contributed by atoms with E-state index in [1.54, 1.807) is 29.9 Å². The number of aliphatic hydroxyl groups is 1. The summed E-state index contributed by atoms with van der Waals surface area (Å²) in [5.74, 6) is 0.847. The van der Waals surface area contributed by atoms with Gasteiger partial charge in [-0.3, -0.25) is 4.68 Å². The fraction of sp³-hybridized carbons (Fsp3) is 0.478. The van der Waals surface area contributed by atoms with Gasteiger partial charge in [-0.15, -0.1) is 11.3 Å². The fourth-order valence-electron chi connectivity index (χ4n) is 4.05. The minimum atomic E-state index is -0.812. The Kier molecular flexibility index (Phi) is 4.84. The molecule has 0 radical (unpaired) electrons. The third-order valence-electron chi connectivity index (χ3n) is 5.66. The lowest BCUT2D eigenvalue weighted by molar-refractivity contribution is 0.0577. The molecule has 0 unspecified atom stereocenters. The summed E-state index contributed by atoms with van der Waals surface area (Å²) in [5.41, 5.74) is 3.21. The van der Waals surface area contributed by atoms with Crippen molar-refractivity contribution in [2.24, 2.45) is 0 Å². The maximum atomic E-state index is 10.0. The number of rotatable bonds is 4. The van der Waals surface area contributed by atoms with Crippen molar-refractivity contribution in [3.8, 4) is 28.1 Å². The molecule has 1 fully saturated rings. The predicted octanol–water partition coefficient (Wildman–Crippen LogP) is 3.95. The van der Waals surface area contributed by atoms with Gasteiger partial charge in [0.25, 0.3) is 0 Å². The average Bonchev–Trinajstić information content (AvgIpc) is 3.37. The summed E-state index contributed by atoms with van der Waals surface area (Å²) in [4.78, 5) is 8.52. The van der Waals surface area contributed by atoms with Crippen LogP contribution in [0.1, 0.15) is 32.6 Å². The topological polar surface area (TPSA) is 72.6 Å². The van der Waals surface area contributed by atoms with E-state index in [2.05, 4.69) is 42.0 Å². The summed E-state index contributed by atoms with van der Waals surface area (Å²) in [6, 6.07) is 6.25. The first kappa shape index (κ1) is 20.5. The Morgan fingerprint density at radius 3 is 2.84 bits per heavy atom. The first-order valence-electron chi connectivity index (χ1n) is 10.6. The van der Waals surface area contributed by atoms with Crippen LogP contribution in [0.3, 0.4) is 0 Å². The smallest absolute Gasteiger partial charge is 0.188 e. The van der Waals surface area contributed by atoms with E-state index in [4.69, 9.17) is 14.5 Å². The van der Waals surface area contributed by atoms with E-state index < -0.39 is 5.60 Å². The molecule has 2 aliphatic heterocycles. The molecule has 3 aromatic rings. The van der Waals surface area contributed by atoms with Gasteiger partial charge in [-0.05, 0) is 45.4 Å². The van der Waals surface area contributed by atoms with Crippen LogP contribution in [0, 0.1) is 0 Å². The Morgan fingerprint density at radius 1 is 1.26 bits per heavy atom. The van der Waals surface area contributed by atoms with Crippen LogP contribution in [0.2, 0.25) is 0 Å². The van der Waals surface area contributed by atoms with Crippen LogP contribution in [0.5, 0.6) is 5.75 Å². The Hall–Kier alpha value is -2.42. The maximum absolute atomic E-state index is 10.0. The number of benzene rings is 1. The molecule has 0 saturated carbocycles. The van der Waals surface area contributed by atoms with Gasteiger partial charge >= 0.3 is 0 Å². The molecular formula is C23H28N4O3S. The molecule has 0 spiro atoms. The van der Waals surface area contributed by atoms with Crippen LogP contribution in [-0.4, -0.2) is 51.0 Å². The number of hydrogen-bond donors (Lipinski definition) is 1. The van der Waals surface area contributed by atoms with Crippen LogP contribution in [0.4, 0.5) is 5.13 Å². The highest BCUT2D eigenvalue weighted by molar-refractivity contribution is 7.16. The molecule has 1 N–H and O–H groups in total. The summed E-state index contributed by atoms with van der Waals surface area (Å²) in [6.07, 6.45) is 4.62. The fourth-order valence-corrected chi connectivity index (χ4v) is 5.26. The third kappa shape index (κ3) is 3.95. The second-order valence-electron chi connectivity index (χ2n) is 9.53. The van der Waals surface area contributed by atoms with E-state index in [-0.39, 0.29) is 5.54 Å². The molecule has 7 nitrogen and oxygen atoms in total. The highest BCUT2D eigenvalue weighted by Gasteiger charge is 2.36. The molecule has 5 rings (SSSR count). The number of ether oxygens (including phenoxy) is 2. The van der Waals surface area contributed by atoms with Crippen molar-refractivity contribution in [2.45, 2.75) is 51.8 Å². The van der Waals surface area contributed by atoms with Crippen LogP contribution in [0.15, 0.2) is 30.6 Å². The number of hydrogen-bond acceptors (Lipinski definition) is 7. The minimum absolute atomic E-state index is 0.0526.